The molecule has 1 rings (SSSR count). The van der Waals surface area contributed by atoms with Gasteiger partial charge in [0.25, 0.3) is 0 Å². The van der Waals surface area contributed by atoms with Gasteiger partial charge < -0.3 is 10.1 Å². The first-order valence-corrected chi connectivity index (χ1v) is 7.90. The van der Waals surface area contributed by atoms with Crippen LogP contribution in [-0.2, 0) is 4.74 Å². The minimum atomic E-state index is 0.483. The molecular formula is C16H33NO. The Labute approximate surface area is 114 Å². The molecule has 0 aromatic heterocycles. The third-order valence-corrected chi connectivity index (χ3v) is 4.85. The van der Waals surface area contributed by atoms with E-state index in [0.29, 0.717) is 5.41 Å². The molecule has 1 saturated carbocycles. The van der Waals surface area contributed by atoms with E-state index in [2.05, 4.69) is 26.1 Å². The Kier molecular flexibility index (Phi) is 7.25. The van der Waals surface area contributed by atoms with Crippen molar-refractivity contribution in [2.24, 2.45) is 11.3 Å². The summed E-state index contributed by atoms with van der Waals surface area (Å²) in [6.07, 6.45) is 9.29. The Hall–Kier alpha value is -0.0800. The van der Waals surface area contributed by atoms with E-state index in [4.69, 9.17) is 4.74 Å². The molecule has 0 saturated heterocycles. The third-order valence-electron chi connectivity index (χ3n) is 4.85. The van der Waals surface area contributed by atoms with Crippen molar-refractivity contribution in [2.75, 3.05) is 20.3 Å². The second-order valence-electron chi connectivity index (χ2n) is 6.16. The molecule has 2 unspecified atom stereocenters. The molecule has 0 heterocycles. The van der Waals surface area contributed by atoms with Gasteiger partial charge in [-0.2, -0.15) is 0 Å². The van der Waals surface area contributed by atoms with Crippen molar-refractivity contribution in [1.29, 1.82) is 0 Å². The van der Waals surface area contributed by atoms with Crippen LogP contribution in [-0.4, -0.2) is 26.3 Å². The molecule has 2 nitrogen and oxygen atoms in total. The number of hydrogen-bond donors (Lipinski definition) is 1. The lowest BCUT2D eigenvalue weighted by Crippen LogP contribution is -2.40. The highest BCUT2D eigenvalue weighted by Crippen LogP contribution is 2.39. The van der Waals surface area contributed by atoms with Crippen molar-refractivity contribution < 1.29 is 4.74 Å². The quantitative estimate of drug-likeness (QED) is 0.602. The number of unbranched alkanes of at least 4 members (excludes halogenated alkanes) is 1. The van der Waals surface area contributed by atoms with Crippen molar-refractivity contribution >= 4 is 0 Å². The average molecular weight is 255 g/mol. The highest BCUT2D eigenvalue weighted by molar-refractivity contribution is 4.90. The van der Waals surface area contributed by atoms with Gasteiger partial charge >= 0.3 is 0 Å². The molecule has 1 aliphatic rings. The topological polar surface area (TPSA) is 21.3 Å². The maximum absolute atomic E-state index is 5.27. The second kappa shape index (κ2) is 8.16. The maximum Gasteiger partial charge on any atom is 0.0465 e. The Morgan fingerprint density at radius 3 is 2.56 bits per heavy atom. The Balaban J connectivity index is 2.54. The van der Waals surface area contributed by atoms with Crippen LogP contribution in [0.25, 0.3) is 0 Å². The number of rotatable bonds is 11. The highest BCUT2D eigenvalue weighted by Gasteiger charge is 2.35. The molecule has 1 fully saturated rings. The summed E-state index contributed by atoms with van der Waals surface area (Å²) >= 11 is 0. The maximum atomic E-state index is 5.27. The molecule has 0 aromatic rings. The fourth-order valence-electron chi connectivity index (χ4n) is 2.92. The van der Waals surface area contributed by atoms with E-state index in [-0.39, 0.29) is 0 Å². The first-order valence-electron chi connectivity index (χ1n) is 7.90. The van der Waals surface area contributed by atoms with Gasteiger partial charge in [0.1, 0.15) is 0 Å². The van der Waals surface area contributed by atoms with Gasteiger partial charge in [-0.3, -0.25) is 0 Å². The number of ether oxygens (including phenoxy) is 1. The summed E-state index contributed by atoms with van der Waals surface area (Å²) < 4.78 is 5.27. The van der Waals surface area contributed by atoms with Gasteiger partial charge in [-0.25, -0.2) is 0 Å². The summed E-state index contributed by atoms with van der Waals surface area (Å²) in [4.78, 5) is 0. The van der Waals surface area contributed by atoms with Crippen molar-refractivity contribution in [1.82, 2.24) is 5.32 Å². The van der Waals surface area contributed by atoms with Gasteiger partial charge in [-0.1, -0.05) is 33.6 Å². The Morgan fingerprint density at radius 1 is 1.33 bits per heavy atom. The predicted octanol–water partition coefficient (Wildman–Crippen LogP) is 4.00. The normalized spacial score (nSPS) is 20.7. The largest absolute Gasteiger partial charge is 0.385 e. The molecule has 1 aliphatic carbocycles. The molecule has 108 valence electrons. The van der Waals surface area contributed by atoms with E-state index >= 15 is 0 Å². The third kappa shape index (κ3) is 4.89. The second-order valence-corrected chi connectivity index (χ2v) is 6.16. The van der Waals surface area contributed by atoms with Gasteiger partial charge in [-0.15, -0.1) is 0 Å². The molecule has 2 atom stereocenters. The summed E-state index contributed by atoms with van der Waals surface area (Å²) in [6.45, 7) is 9.20. The molecular weight excluding hydrogens is 222 g/mol. The highest BCUT2D eigenvalue weighted by atomic mass is 16.5. The van der Waals surface area contributed by atoms with Crippen LogP contribution in [0.15, 0.2) is 0 Å². The summed E-state index contributed by atoms with van der Waals surface area (Å²) in [5.74, 6) is 0.750. The lowest BCUT2D eigenvalue weighted by molar-refractivity contribution is 0.0955. The van der Waals surface area contributed by atoms with Crippen LogP contribution in [0, 0.1) is 11.3 Å². The fourth-order valence-corrected chi connectivity index (χ4v) is 2.92. The lowest BCUT2D eigenvalue weighted by atomic mass is 9.69. The zero-order valence-corrected chi connectivity index (χ0v) is 12.9. The smallest absolute Gasteiger partial charge is 0.0465 e. The van der Waals surface area contributed by atoms with Crippen LogP contribution in [0.1, 0.15) is 65.7 Å². The van der Waals surface area contributed by atoms with Crippen LogP contribution in [0.2, 0.25) is 0 Å². The van der Waals surface area contributed by atoms with E-state index in [1.54, 1.807) is 0 Å². The minimum Gasteiger partial charge on any atom is -0.385 e. The van der Waals surface area contributed by atoms with Gasteiger partial charge in [0, 0.05) is 26.3 Å². The van der Waals surface area contributed by atoms with Crippen LogP contribution in [0.3, 0.4) is 0 Å². The summed E-state index contributed by atoms with van der Waals surface area (Å²) in [5, 5.41) is 3.77. The fraction of sp³-hybridized carbons (Fsp3) is 1.00. The van der Waals surface area contributed by atoms with Crippen molar-refractivity contribution in [3.8, 4) is 0 Å². The monoisotopic (exact) mass is 255 g/mol. The van der Waals surface area contributed by atoms with Crippen LogP contribution in [0.4, 0.5) is 0 Å². The van der Waals surface area contributed by atoms with E-state index in [9.17, 15) is 0 Å². The molecule has 0 aromatic carbocycles. The molecule has 0 radical (unpaired) electrons. The van der Waals surface area contributed by atoms with Gasteiger partial charge in [-0.05, 0) is 43.4 Å². The lowest BCUT2D eigenvalue weighted by Gasteiger charge is -2.39. The zero-order valence-electron chi connectivity index (χ0n) is 12.9. The average Bonchev–Trinajstić information content (AvgIpc) is 3.21. The van der Waals surface area contributed by atoms with E-state index in [0.717, 1.165) is 18.6 Å². The molecule has 0 aliphatic heterocycles. The van der Waals surface area contributed by atoms with Gasteiger partial charge in [0.2, 0.25) is 0 Å². The first-order chi connectivity index (χ1) is 8.68. The van der Waals surface area contributed by atoms with E-state index in [1.807, 2.05) is 7.11 Å². The Morgan fingerprint density at radius 2 is 2.06 bits per heavy atom. The Bertz CT molecular complexity index is 215. The predicted molar refractivity (Wildman–Crippen MR) is 78.9 cm³/mol. The van der Waals surface area contributed by atoms with Crippen molar-refractivity contribution in [3.63, 3.8) is 0 Å². The van der Waals surface area contributed by atoms with Gasteiger partial charge in [0.15, 0.2) is 0 Å². The van der Waals surface area contributed by atoms with E-state index in [1.165, 1.54) is 51.5 Å². The standard InChI is InChI=1S/C16H33NO/c1-5-7-11-16(6-2,13-17-15-8-9-15)14(3)10-12-18-4/h14-15,17H,5-13H2,1-4H3. The molecule has 0 bridgehead atoms. The SMILES string of the molecule is CCCCC(CC)(CNC1CC1)C(C)CCOC. The molecule has 18 heavy (non-hydrogen) atoms. The number of hydrogen-bond acceptors (Lipinski definition) is 2. The first kappa shape index (κ1) is 16.0. The molecule has 0 spiro atoms. The van der Waals surface area contributed by atoms with E-state index < -0.39 is 0 Å². The van der Waals surface area contributed by atoms with Crippen molar-refractivity contribution in [3.05, 3.63) is 0 Å². The number of methoxy groups -OCH3 is 1. The number of nitrogens with one attached hydrogen (secondary N) is 1. The summed E-state index contributed by atoms with van der Waals surface area (Å²) in [7, 11) is 1.81. The van der Waals surface area contributed by atoms with Gasteiger partial charge in [0.05, 0.1) is 0 Å². The summed E-state index contributed by atoms with van der Waals surface area (Å²) in [6, 6.07) is 0.826. The van der Waals surface area contributed by atoms with Crippen molar-refractivity contribution in [2.45, 2.75) is 71.8 Å². The molecule has 2 heteroatoms. The minimum absolute atomic E-state index is 0.483. The molecule has 0 amide bonds. The van der Waals surface area contributed by atoms with Crippen LogP contribution < -0.4 is 5.32 Å². The zero-order chi connectivity index (χ0) is 13.4. The van der Waals surface area contributed by atoms with Crippen LogP contribution >= 0.6 is 0 Å². The molecule has 1 N–H and O–H groups in total. The van der Waals surface area contributed by atoms with Crippen LogP contribution in [0.5, 0.6) is 0 Å². The summed E-state index contributed by atoms with van der Waals surface area (Å²) in [5.41, 5.74) is 0.483.